The number of phenolic OH excluding ortho intramolecular Hbond substituents is 1. The van der Waals surface area contributed by atoms with Gasteiger partial charge in [0, 0.05) is 14.5 Å². The lowest BCUT2D eigenvalue weighted by Crippen LogP contribution is -2.18. The van der Waals surface area contributed by atoms with Gasteiger partial charge in [-0.05, 0) is 52.3 Å². The first-order chi connectivity index (χ1) is 9.97. The quantitative estimate of drug-likeness (QED) is 0.591. The molecule has 2 aromatic rings. The number of aromatic hydroxyl groups is 1. The minimum absolute atomic E-state index is 0.126. The summed E-state index contributed by atoms with van der Waals surface area (Å²) in [6.07, 6.45) is 1.17. The lowest BCUT2D eigenvalue weighted by Gasteiger charge is -2.03. The predicted molar refractivity (Wildman–Crippen MR) is 85.0 cm³/mol. The highest BCUT2D eigenvalue weighted by molar-refractivity contribution is 9.11. The molecule has 0 radical (unpaired) electrons. The number of halogens is 3. The molecule has 0 aliphatic rings. The molecular weight excluding hydrogens is 407 g/mol. The van der Waals surface area contributed by atoms with Crippen LogP contribution in [0.4, 0.5) is 4.39 Å². The smallest absolute Gasteiger partial charge is 0.272 e. The summed E-state index contributed by atoms with van der Waals surface area (Å²) < 4.78 is 14.5. The molecule has 2 aromatic carbocycles. The highest BCUT2D eigenvalue weighted by atomic mass is 79.9. The summed E-state index contributed by atoms with van der Waals surface area (Å²) in [5.74, 6) is -1.06. The van der Waals surface area contributed by atoms with E-state index in [0.717, 1.165) is 16.6 Å². The van der Waals surface area contributed by atoms with Crippen molar-refractivity contribution in [2.24, 2.45) is 5.10 Å². The molecule has 0 atom stereocenters. The standard InChI is InChI=1S/C14H9Br2FN2O2/c15-9-1-3-11(12(16)6-9)14(21)19-18-7-8-5-10(17)2-4-13(8)20/h1-7,20H,(H,19,21). The zero-order chi connectivity index (χ0) is 15.4. The second kappa shape index (κ2) is 6.82. The van der Waals surface area contributed by atoms with Crippen LogP contribution >= 0.6 is 31.9 Å². The number of hydrogen-bond acceptors (Lipinski definition) is 3. The van der Waals surface area contributed by atoms with Crippen molar-refractivity contribution < 1.29 is 14.3 Å². The van der Waals surface area contributed by atoms with Gasteiger partial charge < -0.3 is 5.11 Å². The fraction of sp³-hybridized carbons (Fsp3) is 0. The van der Waals surface area contributed by atoms with Crippen molar-refractivity contribution in [1.82, 2.24) is 5.43 Å². The number of nitrogens with zero attached hydrogens (tertiary/aromatic N) is 1. The van der Waals surface area contributed by atoms with E-state index in [1.54, 1.807) is 18.2 Å². The van der Waals surface area contributed by atoms with Gasteiger partial charge in [-0.3, -0.25) is 4.79 Å². The normalized spacial score (nSPS) is 10.8. The molecule has 0 unspecified atom stereocenters. The summed E-state index contributed by atoms with van der Waals surface area (Å²) in [7, 11) is 0. The predicted octanol–water partition coefficient (Wildman–Crippen LogP) is 3.82. The van der Waals surface area contributed by atoms with Crippen LogP contribution in [0.3, 0.4) is 0 Å². The van der Waals surface area contributed by atoms with Gasteiger partial charge in [-0.15, -0.1) is 0 Å². The van der Waals surface area contributed by atoms with Crippen molar-refractivity contribution in [3.8, 4) is 5.75 Å². The second-order valence-electron chi connectivity index (χ2n) is 4.03. The molecule has 0 spiro atoms. The molecule has 0 bridgehead atoms. The van der Waals surface area contributed by atoms with Crippen molar-refractivity contribution in [2.45, 2.75) is 0 Å². The first-order valence-corrected chi connectivity index (χ1v) is 7.33. The summed E-state index contributed by atoms with van der Waals surface area (Å²) in [6.45, 7) is 0. The highest BCUT2D eigenvalue weighted by Crippen LogP contribution is 2.21. The van der Waals surface area contributed by atoms with E-state index in [0.29, 0.717) is 10.0 Å². The zero-order valence-corrected chi connectivity index (χ0v) is 13.7. The van der Waals surface area contributed by atoms with Crippen LogP contribution < -0.4 is 5.43 Å². The van der Waals surface area contributed by atoms with Gasteiger partial charge in [-0.1, -0.05) is 15.9 Å². The van der Waals surface area contributed by atoms with Crippen molar-refractivity contribution in [2.75, 3.05) is 0 Å². The Morgan fingerprint density at radius 3 is 2.71 bits per heavy atom. The van der Waals surface area contributed by atoms with Gasteiger partial charge >= 0.3 is 0 Å². The maximum Gasteiger partial charge on any atom is 0.272 e. The molecular formula is C14H9Br2FN2O2. The van der Waals surface area contributed by atoms with Crippen LogP contribution in [0.1, 0.15) is 15.9 Å². The Balaban J connectivity index is 2.10. The number of phenols is 1. The third-order valence-electron chi connectivity index (χ3n) is 2.54. The van der Waals surface area contributed by atoms with Gasteiger partial charge in [0.25, 0.3) is 5.91 Å². The van der Waals surface area contributed by atoms with Gasteiger partial charge in [0.2, 0.25) is 0 Å². The molecule has 1 amide bonds. The van der Waals surface area contributed by atoms with E-state index in [-0.39, 0.29) is 11.3 Å². The number of carbonyl (C=O) groups excluding carboxylic acids is 1. The Morgan fingerprint density at radius 1 is 1.24 bits per heavy atom. The highest BCUT2D eigenvalue weighted by Gasteiger charge is 2.09. The molecule has 0 aliphatic heterocycles. The summed E-state index contributed by atoms with van der Waals surface area (Å²) in [6, 6.07) is 8.53. The Morgan fingerprint density at radius 2 is 2.00 bits per heavy atom. The molecule has 0 aromatic heterocycles. The summed E-state index contributed by atoms with van der Waals surface area (Å²) in [5.41, 5.74) is 2.88. The monoisotopic (exact) mass is 414 g/mol. The fourth-order valence-corrected chi connectivity index (χ4v) is 2.75. The molecule has 2 N–H and O–H groups in total. The molecule has 7 heteroatoms. The average molecular weight is 416 g/mol. The molecule has 0 saturated carbocycles. The van der Waals surface area contributed by atoms with E-state index in [1.165, 1.54) is 12.3 Å². The largest absolute Gasteiger partial charge is 0.507 e. The van der Waals surface area contributed by atoms with E-state index in [1.807, 2.05) is 0 Å². The van der Waals surface area contributed by atoms with Crippen LogP contribution in [0.25, 0.3) is 0 Å². The van der Waals surface area contributed by atoms with Gasteiger partial charge in [-0.2, -0.15) is 5.10 Å². The minimum Gasteiger partial charge on any atom is -0.507 e. The Hall–Kier alpha value is -1.73. The maximum atomic E-state index is 13.0. The number of rotatable bonds is 3. The third-order valence-corrected chi connectivity index (χ3v) is 3.68. The van der Waals surface area contributed by atoms with E-state index in [9.17, 15) is 14.3 Å². The molecule has 108 valence electrons. The van der Waals surface area contributed by atoms with E-state index >= 15 is 0 Å². The zero-order valence-electron chi connectivity index (χ0n) is 10.5. The average Bonchev–Trinajstić information content (AvgIpc) is 2.42. The number of amides is 1. The van der Waals surface area contributed by atoms with Gasteiger partial charge in [-0.25, -0.2) is 9.82 Å². The third kappa shape index (κ3) is 4.12. The fourth-order valence-electron chi connectivity index (χ4n) is 1.52. The minimum atomic E-state index is -0.503. The molecule has 0 heterocycles. The molecule has 0 fully saturated rings. The Labute approximate surface area is 136 Å². The first kappa shape index (κ1) is 15.7. The van der Waals surface area contributed by atoms with Crippen LogP contribution in [-0.4, -0.2) is 17.2 Å². The van der Waals surface area contributed by atoms with Gasteiger partial charge in [0.1, 0.15) is 11.6 Å². The van der Waals surface area contributed by atoms with E-state index in [4.69, 9.17) is 0 Å². The van der Waals surface area contributed by atoms with Crippen molar-refractivity contribution in [3.63, 3.8) is 0 Å². The molecule has 0 aliphatic carbocycles. The Bertz CT molecular complexity index is 720. The van der Waals surface area contributed by atoms with Crippen LogP contribution in [0, 0.1) is 5.82 Å². The number of nitrogens with one attached hydrogen (secondary N) is 1. The molecule has 21 heavy (non-hydrogen) atoms. The number of hydrazone groups is 1. The number of benzene rings is 2. The van der Waals surface area contributed by atoms with E-state index < -0.39 is 11.7 Å². The summed E-state index contributed by atoms with van der Waals surface area (Å²) in [4.78, 5) is 11.9. The molecule has 4 nitrogen and oxygen atoms in total. The van der Waals surface area contributed by atoms with Gasteiger partial charge in [0.05, 0.1) is 11.8 Å². The lowest BCUT2D eigenvalue weighted by molar-refractivity contribution is 0.0954. The summed E-state index contributed by atoms with van der Waals surface area (Å²) >= 11 is 6.56. The first-order valence-electron chi connectivity index (χ1n) is 5.74. The van der Waals surface area contributed by atoms with E-state index in [2.05, 4.69) is 42.4 Å². The van der Waals surface area contributed by atoms with Crippen molar-refractivity contribution >= 4 is 44.0 Å². The second-order valence-corrected chi connectivity index (χ2v) is 5.80. The van der Waals surface area contributed by atoms with Crippen LogP contribution in [0.5, 0.6) is 5.75 Å². The number of hydrogen-bond donors (Lipinski definition) is 2. The van der Waals surface area contributed by atoms with Crippen LogP contribution in [0.15, 0.2) is 50.4 Å². The van der Waals surface area contributed by atoms with Gasteiger partial charge in [0.15, 0.2) is 0 Å². The molecule has 2 rings (SSSR count). The van der Waals surface area contributed by atoms with Crippen molar-refractivity contribution in [1.29, 1.82) is 0 Å². The van der Waals surface area contributed by atoms with Crippen molar-refractivity contribution in [3.05, 3.63) is 62.3 Å². The Kier molecular flexibility index (Phi) is 5.08. The SMILES string of the molecule is O=C(NN=Cc1cc(F)ccc1O)c1ccc(Br)cc1Br. The lowest BCUT2D eigenvalue weighted by atomic mass is 10.2. The van der Waals surface area contributed by atoms with Crippen LogP contribution in [-0.2, 0) is 0 Å². The topological polar surface area (TPSA) is 61.7 Å². The molecule has 0 saturated heterocycles. The summed E-state index contributed by atoms with van der Waals surface area (Å²) in [5, 5.41) is 13.2. The van der Waals surface area contributed by atoms with Crippen LogP contribution in [0.2, 0.25) is 0 Å². The number of carbonyl (C=O) groups is 1. The maximum absolute atomic E-state index is 13.0.